The molecule has 0 spiro atoms. The number of thiophene rings is 2. The number of benzene rings is 7. The second kappa shape index (κ2) is 10.0. The third-order valence-corrected chi connectivity index (χ3v) is 12.6. The van der Waals surface area contributed by atoms with Crippen LogP contribution in [-0.2, 0) is 0 Å². The van der Waals surface area contributed by atoms with Crippen molar-refractivity contribution in [3.8, 4) is 11.4 Å². The molecule has 11 rings (SSSR count). The molecule has 4 heterocycles. The molecular formula is C44H22N4S2. The van der Waals surface area contributed by atoms with E-state index in [1.165, 1.54) is 52.1 Å². The Morgan fingerprint density at radius 1 is 0.420 bits per heavy atom. The first-order valence-corrected chi connectivity index (χ1v) is 18.0. The minimum atomic E-state index is 0.651. The highest BCUT2D eigenvalue weighted by Crippen LogP contribution is 2.46. The average molecular weight is 671 g/mol. The fourth-order valence-corrected chi connectivity index (χ4v) is 10.4. The van der Waals surface area contributed by atoms with Crippen LogP contribution >= 0.6 is 22.7 Å². The van der Waals surface area contributed by atoms with Gasteiger partial charge in [-0.05, 0) is 82.9 Å². The summed E-state index contributed by atoms with van der Waals surface area (Å²) in [5.41, 5.74) is 8.15. The summed E-state index contributed by atoms with van der Waals surface area (Å²) in [5, 5.41) is 9.51. The first kappa shape index (κ1) is 27.5. The van der Waals surface area contributed by atoms with E-state index in [1.54, 1.807) is 11.3 Å². The molecule has 0 radical (unpaired) electrons. The molecule has 0 unspecified atom stereocenters. The number of hydrogen-bond acceptors (Lipinski definition) is 2. The number of para-hydroxylation sites is 2. The van der Waals surface area contributed by atoms with Gasteiger partial charge in [0.15, 0.2) is 5.69 Å². The molecule has 0 atom stereocenters. The Balaban J connectivity index is 1.17. The fourth-order valence-electron chi connectivity index (χ4n) is 8.00. The molecule has 0 N–H and O–H groups in total. The summed E-state index contributed by atoms with van der Waals surface area (Å²) in [4.78, 5) is 7.55. The molecule has 50 heavy (non-hydrogen) atoms. The molecule has 0 amide bonds. The van der Waals surface area contributed by atoms with Crippen molar-refractivity contribution in [1.82, 2.24) is 9.13 Å². The molecule has 11 aromatic rings. The van der Waals surface area contributed by atoms with Gasteiger partial charge in [0.25, 0.3) is 0 Å². The number of hydrogen-bond donors (Lipinski definition) is 0. The van der Waals surface area contributed by atoms with E-state index in [0.717, 1.165) is 43.3 Å². The minimum absolute atomic E-state index is 0.651. The number of fused-ring (bicyclic) bond motifs is 13. The molecule has 4 aromatic heterocycles. The van der Waals surface area contributed by atoms with E-state index in [9.17, 15) is 0 Å². The lowest BCUT2D eigenvalue weighted by Crippen LogP contribution is -1.94. The second-order valence-electron chi connectivity index (χ2n) is 12.7. The van der Waals surface area contributed by atoms with Gasteiger partial charge in [0.05, 0.1) is 35.2 Å². The lowest BCUT2D eigenvalue weighted by Gasteiger charge is -2.10. The van der Waals surface area contributed by atoms with Gasteiger partial charge < -0.3 is 9.13 Å². The van der Waals surface area contributed by atoms with Crippen molar-refractivity contribution < 1.29 is 0 Å². The Kier molecular flexibility index (Phi) is 5.52. The largest absolute Gasteiger partial charge is 0.309 e. The van der Waals surface area contributed by atoms with Gasteiger partial charge in [-0.2, -0.15) is 0 Å². The van der Waals surface area contributed by atoms with E-state index in [-0.39, 0.29) is 0 Å². The van der Waals surface area contributed by atoms with Crippen molar-refractivity contribution in [2.24, 2.45) is 0 Å². The Morgan fingerprint density at radius 3 is 1.78 bits per heavy atom. The Morgan fingerprint density at radius 2 is 1.04 bits per heavy atom. The van der Waals surface area contributed by atoms with Gasteiger partial charge in [-0.1, -0.05) is 66.7 Å². The van der Waals surface area contributed by atoms with E-state index in [2.05, 4.69) is 128 Å². The lowest BCUT2D eigenvalue weighted by atomic mass is 10.1. The van der Waals surface area contributed by atoms with Gasteiger partial charge in [-0.3, -0.25) is 0 Å². The van der Waals surface area contributed by atoms with Crippen molar-refractivity contribution >= 4 is 118 Å². The van der Waals surface area contributed by atoms with E-state index < -0.39 is 0 Å². The molecule has 0 aliphatic rings. The zero-order valence-electron chi connectivity index (χ0n) is 26.3. The van der Waals surface area contributed by atoms with Crippen molar-refractivity contribution in [2.75, 3.05) is 0 Å². The zero-order valence-corrected chi connectivity index (χ0v) is 27.9. The van der Waals surface area contributed by atoms with E-state index >= 15 is 0 Å². The highest BCUT2D eigenvalue weighted by atomic mass is 32.1. The third kappa shape index (κ3) is 3.61. The van der Waals surface area contributed by atoms with Crippen LogP contribution in [0.1, 0.15) is 0 Å². The molecule has 0 saturated heterocycles. The van der Waals surface area contributed by atoms with E-state index in [0.29, 0.717) is 11.4 Å². The van der Waals surface area contributed by atoms with Crippen LogP contribution in [0.2, 0.25) is 0 Å². The number of rotatable bonds is 2. The SMILES string of the molecule is [C-]#[N+]c1ccc2c(c1)c1ccccc1n2-c1ccc2sc3ccc(-n4c5ccccc5c5c6sc7c([N+]#[C-])cccc7c6ccc54)cc3c2c1. The van der Waals surface area contributed by atoms with Gasteiger partial charge in [-0.15, -0.1) is 22.7 Å². The van der Waals surface area contributed by atoms with Crippen LogP contribution in [0.25, 0.3) is 105 Å². The summed E-state index contributed by atoms with van der Waals surface area (Å²) in [5.74, 6) is 0. The lowest BCUT2D eigenvalue weighted by molar-refractivity contribution is 1.18. The highest BCUT2D eigenvalue weighted by Gasteiger charge is 2.20. The molecule has 7 aromatic carbocycles. The topological polar surface area (TPSA) is 18.6 Å². The summed E-state index contributed by atoms with van der Waals surface area (Å²) in [6, 6.07) is 47.4. The second-order valence-corrected chi connectivity index (χ2v) is 14.8. The molecule has 0 fully saturated rings. The van der Waals surface area contributed by atoms with Gasteiger partial charge >= 0.3 is 0 Å². The van der Waals surface area contributed by atoms with Crippen molar-refractivity contribution in [2.45, 2.75) is 0 Å². The molecular weight excluding hydrogens is 649 g/mol. The highest BCUT2D eigenvalue weighted by molar-refractivity contribution is 7.27. The summed E-state index contributed by atoms with van der Waals surface area (Å²) >= 11 is 3.56. The van der Waals surface area contributed by atoms with Crippen molar-refractivity contribution in [3.05, 3.63) is 156 Å². The minimum Gasteiger partial charge on any atom is -0.309 e. The van der Waals surface area contributed by atoms with Crippen molar-refractivity contribution in [3.63, 3.8) is 0 Å². The Hall–Kier alpha value is -6.44. The zero-order chi connectivity index (χ0) is 33.1. The maximum Gasteiger partial charge on any atom is 0.204 e. The van der Waals surface area contributed by atoms with Crippen LogP contribution in [0.3, 0.4) is 0 Å². The predicted molar refractivity (Wildman–Crippen MR) is 213 cm³/mol. The fraction of sp³-hybridized carbons (Fsp3) is 0. The molecule has 0 aliphatic heterocycles. The first-order chi connectivity index (χ1) is 24.7. The molecule has 4 nitrogen and oxygen atoms in total. The van der Waals surface area contributed by atoms with Gasteiger partial charge in [-0.25, -0.2) is 9.69 Å². The van der Waals surface area contributed by atoms with Crippen LogP contribution < -0.4 is 0 Å². The van der Waals surface area contributed by atoms with Crippen LogP contribution in [0.5, 0.6) is 0 Å². The van der Waals surface area contributed by atoms with Gasteiger partial charge in [0.2, 0.25) is 5.69 Å². The monoisotopic (exact) mass is 670 g/mol. The predicted octanol–water partition coefficient (Wildman–Crippen LogP) is 13.7. The normalized spacial score (nSPS) is 12.0. The van der Waals surface area contributed by atoms with Gasteiger partial charge in [0, 0.05) is 57.1 Å². The van der Waals surface area contributed by atoms with Crippen molar-refractivity contribution in [1.29, 1.82) is 0 Å². The average Bonchev–Trinajstić information content (AvgIpc) is 3.91. The maximum absolute atomic E-state index is 7.78. The molecule has 0 bridgehead atoms. The third-order valence-electron chi connectivity index (χ3n) is 10.1. The maximum atomic E-state index is 7.78. The Bertz CT molecular complexity index is 3360. The standard InChI is InChI=1S/C44H22N4S2/c1-45-25-14-18-38-32(22-25)28-8-3-5-12-36(28)47(38)26-15-20-40-33(23-26)34-24-27(16-21-41(34)49-40)48-37-13-6-4-9-31(37)42-39(48)19-17-30-29-10-7-11-35(46-2)43(29)50-44(30)42/h3-24H. The van der Waals surface area contributed by atoms with Crippen LogP contribution in [0.15, 0.2) is 133 Å². The van der Waals surface area contributed by atoms with Crippen LogP contribution in [-0.4, -0.2) is 9.13 Å². The smallest absolute Gasteiger partial charge is 0.204 e. The Labute approximate surface area is 293 Å². The van der Waals surface area contributed by atoms with Crippen LogP contribution in [0, 0.1) is 13.1 Å². The first-order valence-electron chi connectivity index (χ1n) is 16.3. The quantitative estimate of drug-likeness (QED) is 0.163. The molecule has 230 valence electrons. The van der Waals surface area contributed by atoms with Crippen LogP contribution in [0.4, 0.5) is 11.4 Å². The summed E-state index contributed by atoms with van der Waals surface area (Å²) in [6.45, 7) is 15.4. The summed E-state index contributed by atoms with van der Waals surface area (Å²) in [6.07, 6.45) is 0. The molecule has 6 heteroatoms. The molecule has 0 saturated carbocycles. The summed E-state index contributed by atoms with van der Waals surface area (Å²) < 4.78 is 9.52. The van der Waals surface area contributed by atoms with Gasteiger partial charge in [0.1, 0.15) is 0 Å². The van der Waals surface area contributed by atoms with E-state index in [4.69, 9.17) is 13.1 Å². The van der Waals surface area contributed by atoms with E-state index in [1.807, 2.05) is 35.6 Å². The number of nitrogens with zero attached hydrogens (tertiary/aromatic N) is 4. The summed E-state index contributed by atoms with van der Waals surface area (Å²) in [7, 11) is 0. The number of aromatic nitrogens is 2. The molecule has 0 aliphatic carbocycles.